The molecule has 0 spiro atoms. The molecule has 0 aliphatic carbocycles. The lowest BCUT2D eigenvalue weighted by Gasteiger charge is -2.03. The lowest BCUT2D eigenvalue weighted by molar-refractivity contribution is -0.384. The van der Waals surface area contributed by atoms with Crippen molar-refractivity contribution in [2.75, 3.05) is 0 Å². The van der Waals surface area contributed by atoms with Gasteiger partial charge in [-0.05, 0) is 12.1 Å². The molecule has 96 valence electrons. The Morgan fingerprint density at radius 1 is 1.25 bits per heavy atom. The molecule has 0 atom stereocenters. The third-order valence-electron chi connectivity index (χ3n) is 2.97. The van der Waals surface area contributed by atoms with Crippen molar-refractivity contribution in [1.29, 1.82) is 5.26 Å². The highest BCUT2D eigenvalue weighted by atomic mass is 16.6. The largest absolute Gasteiger partial charge is 0.270 e. The summed E-state index contributed by atoms with van der Waals surface area (Å²) in [5, 5.41) is 25.2. The molecule has 0 N–H and O–H groups in total. The molecule has 3 aromatic rings. The van der Waals surface area contributed by atoms with Gasteiger partial charge in [-0.15, -0.1) is 0 Å². The number of hydrogen-bond donors (Lipinski definition) is 0. The van der Waals surface area contributed by atoms with Crippen LogP contribution >= 0.6 is 0 Å². The Morgan fingerprint density at radius 3 is 2.75 bits per heavy atom. The maximum atomic E-state index is 10.7. The van der Waals surface area contributed by atoms with E-state index in [-0.39, 0.29) is 11.3 Å². The number of aromatic nitrogens is 2. The van der Waals surface area contributed by atoms with Gasteiger partial charge < -0.3 is 0 Å². The van der Waals surface area contributed by atoms with Crippen molar-refractivity contribution in [2.45, 2.75) is 0 Å². The van der Waals surface area contributed by atoms with E-state index in [4.69, 9.17) is 5.26 Å². The number of nitriles is 1. The quantitative estimate of drug-likeness (QED) is 0.526. The average molecular weight is 264 g/mol. The fourth-order valence-electron chi connectivity index (χ4n) is 2.01. The second-order valence-corrected chi connectivity index (χ2v) is 4.20. The zero-order valence-corrected chi connectivity index (χ0v) is 10.2. The molecule has 6 nitrogen and oxygen atoms in total. The van der Waals surface area contributed by atoms with Crippen molar-refractivity contribution in [3.8, 4) is 11.8 Å². The first-order valence-electron chi connectivity index (χ1n) is 5.82. The van der Waals surface area contributed by atoms with Crippen LogP contribution in [0, 0.1) is 21.4 Å². The first-order chi connectivity index (χ1) is 9.69. The molecule has 0 saturated heterocycles. The predicted octanol–water partition coefficient (Wildman–Crippen LogP) is 2.81. The molecule has 0 saturated carbocycles. The Kier molecular flexibility index (Phi) is 2.66. The summed E-state index contributed by atoms with van der Waals surface area (Å²) in [5.74, 6) is 0. The minimum Gasteiger partial charge on any atom is -0.258 e. The number of fused-ring (bicyclic) bond motifs is 1. The Hall–Kier alpha value is -3.20. The SMILES string of the molecule is N#Cc1cc([N+](=O)[O-])ccc1-n1cc2ccccc2n1. The van der Waals surface area contributed by atoms with Gasteiger partial charge in [-0.3, -0.25) is 10.1 Å². The molecular formula is C14H8N4O2. The van der Waals surface area contributed by atoms with E-state index in [2.05, 4.69) is 5.10 Å². The molecule has 0 fully saturated rings. The third-order valence-corrected chi connectivity index (χ3v) is 2.97. The summed E-state index contributed by atoms with van der Waals surface area (Å²) < 4.78 is 1.56. The molecule has 0 amide bonds. The fourth-order valence-corrected chi connectivity index (χ4v) is 2.01. The number of nitro benzene ring substituents is 1. The number of nitrogens with zero attached hydrogens (tertiary/aromatic N) is 4. The summed E-state index contributed by atoms with van der Waals surface area (Å²) in [7, 11) is 0. The first-order valence-corrected chi connectivity index (χ1v) is 5.82. The van der Waals surface area contributed by atoms with Crippen molar-refractivity contribution in [1.82, 2.24) is 9.78 Å². The highest BCUT2D eigenvalue weighted by Gasteiger charge is 2.13. The van der Waals surface area contributed by atoms with Crippen molar-refractivity contribution < 1.29 is 4.92 Å². The van der Waals surface area contributed by atoms with E-state index >= 15 is 0 Å². The van der Waals surface area contributed by atoms with Gasteiger partial charge in [0, 0.05) is 23.7 Å². The van der Waals surface area contributed by atoms with Gasteiger partial charge in [-0.25, -0.2) is 4.68 Å². The van der Waals surface area contributed by atoms with Crippen LogP contribution in [0.3, 0.4) is 0 Å². The molecule has 0 bridgehead atoms. The second-order valence-electron chi connectivity index (χ2n) is 4.20. The molecule has 20 heavy (non-hydrogen) atoms. The first kappa shape index (κ1) is 11.9. The monoisotopic (exact) mass is 264 g/mol. The average Bonchev–Trinajstić information content (AvgIpc) is 2.90. The smallest absolute Gasteiger partial charge is 0.258 e. The fraction of sp³-hybridized carbons (Fsp3) is 0. The van der Waals surface area contributed by atoms with Crippen LogP contribution in [0.5, 0.6) is 0 Å². The van der Waals surface area contributed by atoms with E-state index in [0.717, 1.165) is 10.9 Å². The topological polar surface area (TPSA) is 84.7 Å². The van der Waals surface area contributed by atoms with Gasteiger partial charge in [-0.2, -0.15) is 10.4 Å². The minimum absolute atomic E-state index is 0.109. The van der Waals surface area contributed by atoms with E-state index in [9.17, 15) is 10.1 Å². The number of rotatable bonds is 2. The zero-order chi connectivity index (χ0) is 14.1. The van der Waals surface area contributed by atoms with Crippen LogP contribution in [0.4, 0.5) is 5.69 Å². The van der Waals surface area contributed by atoms with Gasteiger partial charge in [0.25, 0.3) is 5.69 Å². The molecule has 0 aliphatic rings. The molecule has 3 rings (SSSR count). The molecule has 6 heteroatoms. The number of hydrogen-bond acceptors (Lipinski definition) is 4. The molecule has 1 aromatic heterocycles. The highest BCUT2D eigenvalue weighted by molar-refractivity contribution is 5.78. The van der Waals surface area contributed by atoms with Crippen LogP contribution in [0.2, 0.25) is 0 Å². The van der Waals surface area contributed by atoms with Gasteiger partial charge in [0.05, 0.1) is 21.7 Å². The summed E-state index contributed by atoms with van der Waals surface area (Å²) in [6, 6.07) is 13.7. The standard InChI is InChI=1S/C14H8N4O2/c15-8-11-7-12(18(19)20)5-6-14(11)17-9-10-3-1-2-4-13(10)16-17/h1-7,9H. The van der Waals surface area contributed by atoms with Crippen molar-refractivity contribution in [2.24, 2.45) is 0 Å². The normalized spacial score (nSPS) is 10.3. The Morgan fingerprint density at radius 2 is 2.05 bits per heavy atom. The summed E-state index contributed by atoms with van der Waals surface area (Å²) in [5.41, 5.74) is 1.43. The zero-order valence-electron chi connectivity index (χ0n) is 10.2. The maximum absolute atomic E-state index is 10.7. The van der Waals surface area contributed by atoms with Crippen molar-refractivity contribution in [3.05, 3.63) is 64.3 Å². The summed E-state index contributed by atoms with van der Waals surface area (Å²) in [4.78, 5) is 10.2. The minimum atomic E-state index is -0.524. The van der Waals surface area contributed by atoms with Gasteiger partial charge in [0.2, 0.25) is 0 Å². The van der Waals surface area contributed by atoms with Gasteiger partial charge in [-0.1, -0.05) is 18.2 Å². The molecule has 0 unspecified atom stereocenters. The lowest BCUT2D eigenvalue weighted by atomic mass is 10.2. The van der Waals surface area contributed by atoms with Gasteiger partial charge >= 0.3 is 0 Å². The van der Waals surface area contributed by atoms with Crippen LogP contribution in [0.1, 0.15) is 5.56 Å². The summed E-state index contributed by atoms with van der Waals surface area (Å²) >= 11 is 0. The van der Waals surface area contributed by atoms with Crippen LogP contribution in [-0.2, 0) is 0 Å². The van der Waals surface area contributed by atoms with Crippen LogP contribution < -0.4 is 0 Å². The van der Waals surface area contributed by atoms with Crippen LogP contribution in [0.25, 0.3) is 16.6 Å². The molecular weight excluding hydrogens is 256 g/mol. The second kappa shape index (κ2) is 4.48. The van der Waals surface area contributed by atoms with Crippen LogP contribution in [-0.4, -0.2) is 14.7 Å². The van der Waals surface area contributed by atoms with E-state index < -0.39 is 4.92 Å². The Balaban J connectivity index is 2.18. The predicted molar refractivity (Wildman–Crippen MR) is 72.4 cm³/mol. The molecule has 1 heterocycles. The molecule has 0 radical (unpaired) electrons. The Labute approximate surface area is 113 Å². The van der Waals surface area contributed by atoms with Gasteiger partial charge in [0.15, 0.2) is 0 Å². The van der Waals surface area contributed by atoms with Crippen molar-refractivity contribution >= 4 is 16.6 Å². The van der Waals surface area contributed by atoms with E-state index in [0.29, 0.717) is 5.69 Å². The number of benzene rings is 2. The van der Waals surface area contributed by atoms with Gasteiger partial charge in [0.1, 0.15) is 6.07 Å². The van der Waals surface area contributed by atoms with E-state index in [1.165, 1.54) is 18.2 Å². The Bertz CT molecular complexity index is 828. The molecule has 0 aliphatic heterocycles. The number of nitro groups is 1. The van der Waals surface area contributed by atoms with Crippen molar-refractivity contribution in [3.63, 3.8) is 0 Å². The maximum Gasteiger partial charge on any atom is 0.270 e. The molecule has 2 aromatic carbocycles. The third kappa shape index (κ3) is 1.87. The van der Waals surface area contributed by atoms with Crippen LogP contribution in [0.15, 0.2) is 48.7 Å². The highest BCUT2D eigenvalue weighted by Crippen LogP contribution is 2.22. The summed E-state index contributed by atoms with van der Waals surface area (Å²) in [6.07, 6.45) is 1.79. The summed E-state index contributed by atoms with van der Waals surface area (Å²) in [6.45, 7) is 0. The van der Waals surface area contributed by atoms with E-state index in [1.807, 2.05) is 30.3 Å². The lowest BCUT2D eigenvalue weighted by Crippen LogP contribution is -1.99. The van der Waals surface area contributed by atoms with E-state index in [1.54, 1.807) is 10.9 Å². The number of non-ortho nitro benzene ring substituents is 1.